The van der Waals surface area contributed by atoms with E-state index in [2.05, 4.69) is 121 Å². The lowest BCUT2D eigenvalue weighted by Crippen LogP contribution is -1.86. The molecule has 0 fully saturated rings. The van der Waals surface area contributed by atoms with E-state index < -0.39 is 0 Å². The van der Waals surface area contributed by atoms with E-state index in [1.54, 1.807) is 0 Å². The summed E-state index contributed by atoms with van der Waals surface area (Å²) in [5.41, 5.74) is 11.8. The molecule has 6 aromatic rings. The van der Waals surface area contributed by atoms with Crippen LogP contribution in [0.1, 0.15) is 0 Å². The lowest BCUT2D eigenvalue weighted by Gasteiger charge is -2.11. The molecule has 0 atom stereocenters. The third kappa shape index (κ3) is 2.73. The van der Waals surface area contributed by atoms with Crippen molar-refractivity contribution in [3.05, 3.63) is 121 Å². The van der Waals surface area contributed by atoms with Gasteiger partial charge in [-0.15, -0.1) is 0 Å². The summed E-state index contributed by atoms with van der Waals surface area (Å²) in [5, 5.41) is 1.19. The molecule has 1 aliphatic carbocycles. The first-order valence-electron chi connectivity index (χ1n) is 11.3. The van der Waals surface area contributed by atoms with E-state index in [9.17, 15) is 0 Å². The Kier molecular flexibility index (Phi) is 3.91. The molecule has 0 aliphatic heterocycles. The third-order valence-corrected chi connectivity index (χ3v) is 6.65. The molecule has 1 aromatic heterocycles. The average molecular weight is 421 g/mol. The van der Waals surface area contributed by atoms with Crippen molar-refractivity contribution in [2.24, 2.45) is 0 Å². The molecule has 0 radical (unpaired) electrons. The summed E-state index contributed by atoms with van der Waals surface area (Å²) in [4.78, 5) is 0. The van der Waals surface area contributed by atoms with Crippen molar-refractivity contribution in [1.29, 1.82) is 0 Å². The van der Waals surface area contributed by atoms with Gasteiger partial charge in [-0.05, 0) is 51.1 Å². The van der Waals surface area contributed by atoms with Crippen LogP contribution in [0.5, 0.6) is 0 Å². The van der Waals surface area contributed by atoms with E-state index >= 15 is 0 Å². The average Bonchev–Trinajstić information content (AvgIpc) is 3.23. The van der Waals surface area contributed by atoms with E-state index in [0.717, 1.165) is 16.9 Å². The minimum atomic E-state index is 0.925. The van der Waals surface area contributed by atoms with Crippen LogP contribution in [0.4, 0.5) is 0 Å². The Hall–Kier alpha value is -4.36. The van der Waals surface area contributed by atoms with Gasteiger partial charge in [0.05, 0.1) is 0 Å². The zero-order chi connectivity index (χ0) is 21.8. The van der Waals surface area contributed by atoms with Crippen LogP contribution in [0.25, 0.3) is 66.8 Å². The molecule has 33 heavy (non-hydrogen) atoms. The first kappa shape index (κ1) is 18.2. The molecule has 0 saturated carbocycles. The van der Waals surface area contributed by atoms with Crippen LogP contribution in [-0.4, -0.2) is 0 Å². The van der Waals surface area contributed by atoms with Gasteiger partial charge in [0.2, 0.25) is 0 Å². The van der Waals surface area contributed by atoms with Gasteiger partial charge in [0.1, 0.15) is 11.3 Å². The minimum absolute atomic E-state index is 0.925. The second-order valence-electron chi connectivity index (χ2n) is 8.52. The molecule has 1 nitrogen and oxygen atoms in total. The Morgan fingerprint density at radius 3 is 1.73 bits per heavy atom. The van der Waals surface area contributed by atoms with Crippen LogP contribution in [0.2, 0.25) is 0 Å². The van der Waals surface area contributed by atoms with Crippen LogP contribution in [0.3, 0.4) is 0 Å². The van der Waals surface area contributed by atoms with Gasteiger partial charge in [-0.2, -0.15) is 0 Å². The monoisotopic (exact) mass is 420 g/mol. The van der Waals surface area contributed by atoms with Crippen molar-refractivity contribution >= 4 is 11.0 Å². The van der Waals surface area contributed by atoms with Gasteiger partial charge in [-0.3, -0.25) is 0 Å². The molecule has 0 saturated heterocycles. The fourth-order valence-corrected chi connectivity index (χ4v) is 5.19. The van der Waals surface area contributed by atoms with Crippen molar-refractivity contribution in [1.82, 2.24) is 0 Å². The number of fused-ring (bicyclic) bond motifs is 5. The van der Waals surface area contributed by atoms with Crippen LogP contribution >= 0.6 is 0 Å². The number of rotatable bonds is 2. The topological polar surface area (TPSA) is 13.1 Å². The van der Waals surface area contributed by atoms with E-state index in [-0.39, 0.29) is 0 Å². The SMILES string of the molecule is c1ccc(-c2cccc(-c3oc4cccc5c4c3-c3ccccc3-c3ccccc3-5)c2)cc1. The van der Waals surface area contributed by atoms with Gasteiger partial charge >= 0.3 is 0 Å². The van der Waals surface area contributed by atoms with Gasteiger partial charge in [0.25, 0.3) is 0 Å². The highest BCUT2D eigenvalue weighted by Crippen LogP contribution is 2.52. The largest absolute Gasteiger partial charge is 0.455 e. The molecule has 1 heteroatoms. The maximum absolute atomic E-state index is 6.62. The quantitative estimate of drug-likeness (QED) is 0.272. The zero-order valence-corrected chi connectivity index (χ0v) is 18.0. The molecule has 7 rings (SSSR count). The van der Waals surface area contributed by atoms with Crippen molar-refractivity contribution in [3.63, 3.8) is 0 Å². The second kappa shape index (κ2) is 7.08. The Morgan fingerprint density at radius 2 is 0.939 bits per heavy atom. The zero-order valence-electron chi connectivity index (χ0n) is 18.0. The number of furan rings is 1. The molecular formula is C32H20O. The van der Waals surface area contributed by atoms with Gasteiger partial charge in [0.15, 0.2) is 0 Å². The highest BCUT2D eigenvalue weighted by Gasteiger charge is 2.27. The minimum Gasteiger partial charge on any atom is -0.455 e. The Balaban J connectivity index is 1.58. The van der Waals surface area contributed by atoms with Crippen LogP contribution in [0, 0.1) is 0 Å². The van der Waals surface area contributed by atoms with Crippen molar-refractivity contribution in [2.75, 3.05) is 0 Å². The number of benzene rings is 5. The van der Waals surface area contributed by atoms with Gasteiger partial charge in [-0.25, -0.2) is 0 Å². The molecule has 0 spiro atoms. The predicted octanol–water partition coefficient (Wildman–Crippen LogP) is 9.08. The van der Waals surface area contributed by atoms with Crippen LogP contribution < -0.4 is 0 Å². The molecule has 154 valence electrons. The Bertz CT molecular complexity index is 1650. The molecule has 0 amide bonds. The van der Waals surface area contributed by atoms with Gasteiger partial charge in [-0.1, -0.05) is 109 Å². The highest BCUT2D eigenvalue weighted by atomic mass is 16.3. The van der Waals surface area contributed by atoms with Crippen molar-refractivity contribution in [2.45, 2.75) is 0 Å². The summed E-state index contributed by atoms with van der Waals surface area (Å²) < 4.78 is 6.62. The summed E-state index contributed by atoms with van der Waals surface area (Å²) in [6.45, 7) is 0. The Morgan fingerprint density at radius 1 is 0.394 bits per heavy atom. The van der Waals surface area contributed by atoms with Crippen LogP contribution in [-0.2, 0) is 0 Å². The Labute approximate surface area is 192 Å². The number of hydrogen-bond donors (Lipinski definition) is 0. The van der Waals surface area contributed by atoms with E-state index in [4.69, 9.17) is 4.42 Å². The van der Waals surface area contributed by atoms with Crippen molar-refractivity contribution < 1.29 is 4.42 Å². The van der Waals surface area contributed by atoms with E-state index in [0.29, 0.717) is 0 Å². The maximum atomic E-state index is 6.62. The molecule has 1 aliphatic rings. The van der Waals surface area contributed by atoms with E-state index in [1.165, 1.54) is 49.9 Å². The highest BCUT2D eigenvalue weighted by molar-refractivity contribution is 6.15. The molecule has 5 aromatic carbocycles. The third-order valence-electron chi connectivity index (χ3n) is 6.65. The smallest absolute Gasteiger partial charge is 0.143 e. The second-order valence-corrected chi connectivity index (χ2v) is 8.52. The first-order chi connectivity index (χ1) is 16.4. The maximum Gasteiger partial charge on any atom is 0.143 e. The normalized spacial score (nSPS) is 11.6. The molecule has 0 N–H and O–H groups in total. The van der Waals surface area contributed by atoms with Gasteiger partial charge in [0, 0.05) is 16.5 Å². The lowest BCUT2D eigenvalue weighted by atomic mass is 9.92. The predicted molar refractivity (Wildman–Crippen MR) is 137 cm³/mol. The summed E-state index contributed by atoms with van der Waals surface area (Å²) in [5.74, 6) is 0.926. The number of hydrogen-bond acceptors (Lipinski definition) is 1. The molecule has 0 bridgehead atoms. The summed E-state index contributed by atoms with van der Waals surface area (Å²) in [6.07, 6.45) is 0. The molecular weight excluding hydrogens is 400 g/mol. The summed E-state index contributed by atoms with van der Waals surface area (Å²) in [6, 6.07) is 43.0. The van der Waals surface area contributed by atoms with Crippen molar-refractivity contribution in [3.8, 4) is 55.8 Å². The lowest BCUT2D eigenvalue weighted by molar-refractivity contribution is 0.632. The van der Waals surface area contributed by atoms with E-state index in [1.807, 2.05) is 0 Å². The molecule has 0 unspecified atom stereocenters. The summed E-state index contributed by atoms with van der Waals surface area (Å²) in [7, 11) is 0. The van der Waals surface area contributed by atoms with Crippen LogP contribution in [0.15, 0.2) is 126 Å². The fourth-order valence-electron chi connectivity index (χ4n) is 5.19. The standard InChI is InChI=1S/C32H20O/c1-2-10-21(11-3-1)22-12-8-13-23(20-22)32-31-28-17-7-6-16-26(28)24-14-4-5-15-25(24)27-18-9-19-29(33-32)30(27)31/h1-20H. The summed E-state index contributed by atoms with van der Waals surface area (Å²) >= 11 is 0. The first-order valence-corrected chi connectivity index (χ1v) is 11.3. The molecule has 1 heterocycles. The fraction of sp³-hybridized carbons (Fsp3) is 0. The van der Waals surface area contributed by atoms with Gasteiger partial charge < -0.3 is 4.42 Å².